The molecule has 10 rings (SSSR count). The maximum atomic E-state index is 9.80. The van der Waals surface area contributed by atoms with Crippen molar-refractivity contribution in [2.75, 3.05) is 0 Å². The van der Waals surface area contributed by atoms with Crippen LogP contribution in [0.2, 0.25) is 0 Å². The van der Waals surface area contributed by atoms with Crippen LogP contribution in [0.5, 0.6) is 0 Å². The van der Waals surface area contributed by atoms with Crippen molar-refractivity contribution < 1.29 is 16.8 Å². The summed E-state index contributed by atoms with van der Waals surface area (Å²) in [6, 6.07) is 39.3. The molecule has 0 fully saturated rings. The van der Waals surface area contributed by atoms with Gasteiger partial charge in [-0.15, -0.1) is 0 Å². The van der Waals surface area contributed by atoms with Gasteiger partial charge in [-0.2, -0.15) is 0 Å². The zero-order valence-corrected chi connectivity index (χ0v) is 26.0. The monoisotopic (exact) mass is 631 g/mol. The maximum Gasteiger partial charge on any atom is 0.136 e. The van der Waals surface area contributed by atoms with Gasteiger partial charge in [0.05, 0.1) is 12.3 Å². The molecular weight excluding hydrogens is 593 g/mol. The van der Waals surface area contributed by atoms with Gasteiger partial charge in [-0.3, -0.25) is 0 Å². The molecule has 0 aliphatic heterocycles. The Morgan fingerprint density at radius 2 is 0.898 bits per heavy atom. The zero-order chi connectivity index (χ0) is 40.1. The second-order valence-electron chi connectivity index (χ2n) is 12.1. The molecule has 1 aromatic heterocycles. The van der Waals surface area contributed by atoms with Crippen LogP contribution in [0.25, 0.3) is 98.8 Å². The number of furan rings is 1. The van der Waals surface area contributed by atoms with Gasteiger partial charge in [-0.25, -0.2) is 0 Å². The first-order valence-corrected chi connectivity index (χ1v) is 16.1. The molecule has 1 heteroatoms. The number of hydrogen-bond acceptors (Lipinski definition) is 1. The Kier molecular flexibility index (Phi) is 4.53. The fourth-order valence-corrected chi connectivity index (χ4v) is 7.12. The number of hydrogen-bond donors (Lipinski definition) is 0. The van der Waals surface area contributed by atoms with Crippen molar-refractivity contribution in [3.63, 3.8) is 0 Å². The van der Waals surface area contributed by atoms with Crippen molar-refractivity contribution >= 4 is 54.3 Å². The molecule has 0 amide bonds. The fraction of sp³-hybridized carbons (Fsp3) is 0. The highest BCUT2D eigenvalue weighted by atomic mass is 16.3. The predicted molar refractivity (Wildman–Crippen MR) is 208 cm³/mol. The van der Waals surface area contributed by atoms with Crippen LogP contribution in [0.4, 0.5) is 0 Å². The van der Waals surface area contributed by atoms with Crippen molar-refractivity contribution in [2.24, 2.45) is 0 Å². The molecule has 49 heavy (non-hydrogen) atoms. The van der Waals surface area contributed by atoms with Crippen molar-refractivity contribution in [1.82, 2.24) is 0 Å². The summed E-state index contributed by atoms with van der Waals surface area (Å²) >= 11 is 0. The van der Waals surface area contributed by atoms with E-state index in [-0.39, 0.29) is 68.5 Å². The summed E-state index contributed by atoms with van der Waals surface area (Å²) in [5.41, 5.74) is 6.68. The molecule has 0 atom stereocenters. The first-order valence-electron chi connectivity index (χ1n) is 20.6. The summed E-state index contributed by atoms with van der Waals surface area (Å²) in [5, 5.41) is 2.96. The van der Waals surface area contributed by atoms with Gasteiger partial charge < -0.3 is 4.42 Å². The van der Waals surface area contributed by atoms with E-state index >= 15 is 0 Å². The lowest BCUT2D eigenvalue weighted by atomic mass is 9.84. The van der Waals surface area contributed by atoms with Crippen molar-refractivity contribution in [3.05, 3.63) is 182 Å². The summed E-state index contributed by atoms with van der Waals surface area (Å²) in [4.78, 5) is 0. The Morgan fingerprint density at radius 3 is 1.53 bits per heavy atom. The molecule has 0 aliphatic rings. The molecule has 1 nitrogen and oxygen atoms in total. The largest absolute Gasteiger partial charge is 0.456 e. The van der Waals surface area contributed by atoms with Gasteiger partial charge >= 0.3 is 0 Å². The lowest BCUT2D eigenvalue weighted by Crippen LogP contribution is -1.92. The quantitative estimate of drug-likeness (QED) is 0.176. The van der Waals surface area contributed by atoms with Gasteiger partial charge in [0.25, 0.3) is 0 Å². The molecule has 0 saturated carbocycles. The Labute approximate surface area is 297 Å². The van der Waals surface area contributed by atoms with Crippen LogP contribution in [-0.4, -0.2) is 0 Å². The van der Waals surface area contributed by atoms with Crippen LogP contribution in [-0.2, 0) is 0 Å². The first kappa shape index (κ1) is 20.0. The average Bonchev–Trinajstić information content (AvgIpc) is 3.68. The molecule has 0 spiro atoms. The number of fused-ring (bicyclic) bond motifs is 6. The smallest absolute Gasteiger partial charge is 0.136 e. The molecule has 0 bridgehead atoms. The van der Waals surface area contributed by atoms with Gasteiger partial charge in [-0.1, -0.05) is 152 Å². The van der Waals surface area contributed by atoms with E-state index in [0.29, 0.717) is 5.56 Å². The lowest BCUT2D eigenvalue weighted by molar-refractivity contribution is 0.669. The standard InChI is InChI=1S/C48H30O/c1-3-13-31(14-4-1)37-25-23-35(28-42(37)32-15-5-2-6-16-32)47-38-19-9-11-21-40(38)48(41-22-12-10-20-39(41)47)36-24-26-45-43(29-36)44-27-33-17-7-8-18-34(33)30-46(44)49-45/h1-30H/i7D,8D,17D,18D,24D,26D,27D,29D,30D. The fourth-order valence-electron chi connectivity index (χ4n) is 7.12. The van der Waals surface area contributed by atoms with Crippen LogP contribution in [0.15, 0.2) is 186 Å². The third kappa shape index (κ3) is 4.47. The minimum Gasteiger partial charge on any atom is -0.456 e. The van der Waals surface area contributed by atoms with Crippen molar-refractivity contribution in [1.29, 1.82) is 0 Å². The molecule has 10 aromatic rings. The topological polar surface area (TPSA) is 13.1 Å². The highest BCUT2D eigenvalue weighted by molar-refractivity contribution is 6.22. The molecule has 0 aliphatic carbocycles. The molecule has 0 N–H and O–H groups in total. The van der Waals surface area contributed by atoms with E-state index in [0.717, 1.165) is 54.9 Å². The Balaban J connectivity index is 1.31. The Bertz CT molecular complexity index is 3320. The van der Waals surface area contributed by atoms with E-state index in [1.807, 2.05) is 84.9 Å². The molecule has 0 radical (unpaired) electrons. The van der Waals surface area contributed by atoms with Crippen LogP contribution in [0.1, 0.15) is 12.3 Å². The second kappa shape index (κ2) is 11.1. The summed E-state index contributed by atoms with van der Waals surface area (Å²) < 4.78 is 86.6. The van der Waals surface area contributed by atoms with E-state index in [9.17, 15) is 5.48 Å². The van der Waals surface area contributed by atoms with Gasteiger partial charge in [0.2, 0.25) is 0 Å². The minimum absolute atomic E-state index is 0.00513. The van der Waals surface area contributed by atoms with E-state index in [2.05, 4.69) is 42.5 Å². The second-order valence-corrected chi connectivity index (χ2v) is 12.1. The highest BCUT2D eigenvalue weighted by Crippen LogP contribution is 2.46. The van der Waals surface area contributed by atoms with Crippen LogP contribution in [0, 0.1) is 0 Å². The van der Waals surface area contributed by atoms with Crippen LogP contribution < -0.4 is 0 Å². The van der Waals surface area contributed by atoms with E-state index in [4.69, 9.17) is 11.3 Å². The molecule has 228 valence electrons. The highest BCUT2D eigenvalue weighted by Gasteiger charge is 2.19. The predicted octanol–water partition coefficient (Wildman–Crippen LogP) is 13.7. The Morgan fingerprint density at radius 1 is 0.367 bits per heavy atom. The van der Waals surface area contributed by atoms with Gasteiger partial charge in [0.15, 0.2) is 0 Å². The van der Waals surface area contributed by atoms with Crippen LogP contribution in [0.3, 0.4) is 0 Å². The third-order valence-corrected chi connectivity index (χ3v) is 9.29. The normalized spacial score (nSPS) is 14.2. The summed E-state index contributed by atoms with van der Waals surface area (Å²) in [5.74, 6) is 0. The summed E-state index contributed by atoms with van der Waals surface area (Å²) in [6.07, 6.45) is 0. The van der Waals surface area contributed by atoms with E-state index in [1.165, 1.54) is 0 Å². The average molecular weight is 632 g/mol. The summed E-state index contributed by atoms with van der Waals surface area (Å²) in [7, 11) is 0. The number of benzene rings is 9. The van der Waals surface area contributed by atoms with E-state index < -0.39 is 24.2 Å². The van der Waals surface area contributed by atoms with Gasteiger partial charge in [0.1, 0.15) is 11.2 Å². The molecule has 9 aromatic carbocycles. The minimum atomic E-state index is -0.539. The van der Waals surface area contributed by atoms with Gasteiger partial charge in [0, 0.05) is 10.8 Å². The van der Waals surface area contributed by atoms with Crippen molar-refractivity contribution in [3.8, 4) is 44.5 Å². The maximum absolute atomic E-state index is 9.80. The van der Waals surface area contributed by atoms with E-state index in [1.54, 1.807) is 0 Å². The molecule has 0 saturated heterocycles. The number of rotatable bonds is 4. The SMILES string of the molecule is [2H]c1c(-c2c3ccccc3c(-c3ccc(-c4ccccc4)c(-c4ccccc4)c3)c3ccccc23)c([2H])c2c(oc3c([2H])c4c([2H])c([2H])c([2H])c([2H])c4c([2H])c32)c1[2H]. The zero-order valence-electron chi connectivity index (χ0n) is 35.0. The third-order valence-electron chi connectivity index (χ3n) is 9.29. The van der Waals surface area contributed by atoms with Gasteiger partial charge in [-0.05, 0) is 107 Å². The van der Waals surface area contributed by atoms with Crippen LogP contribution >= 0.6 is 0 Å². The summed E-state index contributed by atoms with van der Waals surface area (Å²) in [6.45, 7) is 0. The first-order chi connectivity index (χ1) is 28.1. The Hall–Kier alpha value is -6.44. The lowest BCUT2D eigenvalue weighted by Gasteiger charge is -2.19. The molecular formula is C48H30O. The molecule has 1 heterocycles. The molecule has 0 unspecified atom stereocenters. The van der Waals surface area contributed by atoms with Crippen molar-refractivity contribution in [2.45, 2.75) is 0 Å².